The Morgan fingerprint density at radius 2 is 1.94 bits per heavy atom. The van der Waals surface area contributed by atoms with Crippen molar-refractivity contribution in [2.75, 3.05) is 20.1 Å². The van der Waals surface area contributed by atoms with E-state index in [0.29, 0.717) is 18.0 Å². The van der Waals surface area contributed by atoms with Gasteiger partial charge >= 0.3 is 0 Å². The third kappa shape index (κ3) is 6.88. The smallest absolute Gasteiger partial charge is 0.223 e. The molecule has 0 aliphatic carbocycles. The van der Waals surface area contributed by atoms with Crippen LogP contribution in [-0.2, 0) is 9.59 Å². The molecule has 0 saturated carbocycles. The van der Waals surface area contributed by atoms with Crippen molar-refractivity contribution in [1.29, 1.82) is 0 Å². The summed E-state index contributed by atoms with van der Waals surface area (Å²) in [6, 6.07) is 11.5. The first-order chi connectivity index (χ1) is 17.0. The van der Waals surface area contributed by atoms with Crippen LogP contribution < -0.4 is 5.32 Å². The largest absolute Gasteiger partial charge is 0.354 e. The van der Waals surface area contributed by atoms with Gasteiger partial charge in [-0.1, -0.05) is 48.3 Å². The molecular weight excluding hydrogens is 442 g/mol. The fourth-order valence-corrected chi connectivity index (χ4v) is 4.52. The third-order valence-corrected chi connectivity index (χ3v) is 6.70. The van der Waals surface area contributed by atoms with Crippen LogP contribution in [0.15, 0.2) is 47.1 Å². The summed E-state index contributed by atoms with van der Waals surface area (Å²) in [7, 11) is 2.09. The van der Waals surface area contributed by atoms with Gasteiger partial charge in [0.15, 0.2) is 5.76 Å². The summed E-state index contributed by atoms with van der Waals surface area (Å²) in [5.74, 6) is 1.66. The van der Waals surface area contributed by atoms with Gasteiger partial charge in [-0.15, -0.1) is 0 Å². The summed E-state index contributed by atoms with van der Waals surface area (Å²) in [6.45, 7) is 3.50. The van der Waals surface area contributed by atoms with E-state index in [-0.39, 0.29) is 23.7 Å². The molecule has 1 saturated heterocycles. The number of ketones is 1. The van der Waals surface area contributed by atoms with Crippen LogP contribution in [0.1, 0.15) is 63.7 Å². The Balaban J connectivity index is 1.45. The zero-order valence-corrected chi connectivity index (χ0v) is 20.6. The Morgan fingerprint density at radius 3 is 2.69 bits per heavy atom. The van der Waals surface area contributed by atoms with Crippen molar-refractivity contribution >= 4 is 11.7 Å². The Bertz CT molecular complexity index is 1100. The molecule has 0 unspecified atom stereocenters. The van der Waals surface area contributed by atoms with Crippen LogP contribution in [-0.4, -0.2) is 51.9 Å². The summed E-state index contributed by atoms with van der Waals surface area (Å²) < 4.78 is 5.57. The van der Waals surface area contributed by atoms with Crippen LogP contribution >= 0.6 is 0 Å². The van der Waals surface area contributed by atoms with Crippen LogP contribution in [0, 0.1) is 5.92 Å². The van der Waals surface area contributed by atoms with E-state index in [1.165, 1.54) is 0 Å². The summed E-state index contributed by atoms with van der Waals surface area (Å²) in [5.41, 5.74) is 2.47. The second-order valence-electron chi connectivity index (χ2n) is 9.56. The van der Waals surface area contributed by atoms with Gasteiger partial charge in [-0.2, -0.15) is 0 Å². The molecule has 0 radical (unpaired) electrons. The first kappa shape index (κ1) is 24.9. The number of imidazole rings is 1. The molecule has 8 nitrogen and oxygen atoms in total. The summed E-state index contributed by atoms with van der Waals surface area (Å²) in [4.78, 5) is 34.5. The van der Waals surface area contributed by atoms with Gasteiger partial charge in [0.1, 0.15) is 23.0 Å². The number of aromatic nitrogens is 3. The highest BCUT2D eigenvalue weighted by molar-refractivity contribution is 5.79. The maximum absolute atomic E-state index is 13.1. The fourth-order valence-electron chi connectivity index (χ4n) is 4.52. The Hall–Kier alpha value is -3.26. The van der Waals surface area contributed by atoms with E-state index < -0.39 is 0 Å². The zero-order chi connectivity index (χ0) is 24.6. The number of amides is 1. The molecule has 3 heterocycles. The van der Waals surface area contributed by atoms with Crippen molar-refractivity contribution < 1.29 is 14.1 Å². The molecular formula is C27H35N5O3. The minimum Gasteiger partial charge on any atom is -0.354 e. The van der Waals surface area contributed by atoms with Crippen LogP contribution in [0.4, 0.5) is 0 Å². The molecule has 3 aromatic rings. The molecule has 2 N–H and O–H groups in total. The van der Waals surface area contributed by atoms with Gasteiger partial charge in [0.2, 0.25) is 5.91 Å². The number of aromatic amines is 1. The molecule has 186 valence electrons. The number of benzene rings is 1. The molecule has 1 aliphatic heterocycles. The van der Waals surface area contributed by atoms with Gasteiger partial charge in [0, 0.05) is 24.0 Å². The average molecular weight is 478 g/mol. The topological polar surface area (TPSA) is 104 Å². The fraction of sp³-hybridized carbons (Fsp3) is 0.481. The molecule has 1 amide bonds. The Morgan fingerprint density at radius 1 is 1.17 bits per heavy atom. The van der Waals surface area contributed by atoms with E-state index >= 15 is 0 Å². The van der Waals surface area contributed by atoms with E-state index in [1.54, 1.807) is 13.1 Å². The lowest BCUT2D eigenvalue weighted by atomic mass is 9.95. The van der Waals surface area contributed by atoms with E-state index in [4.69, 9.17) is 4.52 Å². The second-order valence-corrected chi connectivity index (χ2v) is 9.56. The number of hydrogen-bond acceptors (Lipinski definition) is 6. The number of likely N-dealkylation sites (tertiary alicyclic amines) is 1. The predicted molar refractivity (Wildman–Crippen MR) is 134 cm³/mol. The number of nitrogens with zero attached hydrogens (tertiary/aromatic N) is 3. The van der Waals surface area contributed by atoms with Gasteiger partial charge in [-0.3, -0.25) is 4.79 Å². The highest BCUT2D eigenvalue weighted by Crippen LogP contribution is 2.27. The Labute approximate surface area is 206 Å². The summed E-state index contributed by atoms with van der Waals surface area (Å²) >= 11 is 0. The summed E-state index contributed by atoms with van der Waals surface area (Å²) in [5, 5.41) is 7.44. The summed E-state index contributed by atoms with van der Waals surface area (Å²) in [6.07, 6.45) is 7.55. The van der Waals surface area contributed by atoms with E-state index in [1.807, 2.05) is 36.4 Å². The highest BCUT2D eigenvalue weighted by atomic mass is 16.5. The predicted octanol–water partition coefficient (Wildman–Crippen LogP) is 4.77. The first-order valence-corrected chi connectivity index (χ1v) is 12.6. The number of piperidine rings is 1. The van der Waals surface area contributed by atoms with Gasteiger partial charge in [0.25, 0.3) is 0 Å². The van der Waals surface area contributed by atoms with Gasteiger partial charge in [-0.05, 0) is 52.7 Å². The molecule has 35 heavy (non-hydrogen) atoms. The van der Waals surface area contributed by atoms with Gasteiger partial charge in [0.05, 0.1) is 12.2 Å². The maximum atomic E-state index is 13.1. The average Bonchev–Trinajstić information content (AvgIpc) is 3.54. The lowest BCUT2D eigenvalue weighted by Gasteiger charge is -2.29. The van der Waals surface area contributed by atoms with Crippen molar-refractivity contribution in [2.45, 2.75) is 57.9 Å². The number of H-pyrrole nitrogens is 1. The molecule has 1 atom stereocenters. The number of hydrogen-bond donors (Lipinski definition) is 2. The quantitative estimate of drug-likeness (QED) is 0.386. The number of carbonyl (C=O) groups excluding carboxylic acids is 2. The molecule has 1 fully saturated rings. The van der Waals surface area contributed by atoms with Crippen LogP contribution in [0.25, 0.3) is 22.7 Å². The third-order valence-electron chi connectivity index (χ3n) is 6.70. The minimum atomic E-state index is -0.218. The van der Waals surface area contributed by atoms with Crippen LogP contribution in [0.5, 0.6) is 0 Å². The first-order valence-electron chi connectivity index (χ1n) is 12.6. The molecule has 4 rings (SSSR count). The van der Waals surface area contributed by atoms with Crippen molar-refractivity contribution in [3.8, 4) is 22.7 Å². The number of nitrogens with one attached hydrogen (secondary N) is 2. The standard InChI is InChI=1S/C27H35N5O3/c1-19(33)9-5-3-8-12-22(30-27(34)21-13-15-32(2)16-14-21)26-28-18-24(29-26)25-17-23(31-35-25)20-10-6-4-7-11-20/h4,6-7,10-11,17-18,21-22H,3,5,8-9,12-16H2,1-2H3,(H,28,29)(H,30,34)/t22-/m0/s1. The number of rotatable bonds is 11. The number of Topliss-reactive ketones (excluding diaryl/α,β-unsaturated/α-hetero) is 1. The number of unbranched alkanes of at least 4 members (excludes halogenated alkanes) is 2. The second kappa shape index (κ2) is 11.9. The van der Waals surface area contributed by atoms with Crippen molar-refractivity contribution in [3.05, 3.63) is 48.4 Å². The van der Waals surface area contributed by atoms with Crippen LogP contribution in [0.2, 0.25) is 0 Å². The molecule has 8 heteroatoms. The van der Waals surface area contributed by atoms with Crippen molar-refractivity contribution in [3.63, 3.8) is 0 Å². The molecule has 0 bridgehead atoms. The van der Waals surface area contributed by atoms with Gasteiger partial charge in [-0.25, -0.2) is 4.98 Å². The van der Waals surface area contributed by atoms with Gasteiger partial charge < -0.3 is 24.5 Å². The molecule has 1 aliphatic rings. The van der Waals surface area contributed by atoms with Crippen molar-refractivity contribution in [1.82, 2.24) is 25.3 Å². The van der Waals surface area contributed by atoms with Crippen LogP contribution in [0.3, 0.4) is 0 Å². The lowest BCUT2D eigenvalue weighted by Crippen LogP contribution is -2.40. The Kier molecular flexibility index (Phi) is 8.47. The zero-order valence-electron chi connectivity index (χ0n) is 20.6. The number of carbonyl (C=O) groups is 2. The van der Waals surface area contributed by atoms with E-state index in [0.717, 1.165) is 68.6 Å². The SMILES string of the molecule is CC(=O)CCCCC[C@H](NC(=O)C1CCN(C)CC1)c1ncc(-c2cc(-c3ccccc3)no2)[nH]1. The molecule has 0 spiro atoms. The highest BCUT2D eigenvalue weighted by Gasteiger charge is 2.27. The van der Waals surface area contributed by atoms with E-state index in [2.05, 4.69) is 32.4 Å². The molecule has 1 aromatic carbocycles. The molecule has 2 aromatic heterocycles. The van der Waals surface area contributed by atoms with Crippen molar-refractivity contribution in [2.24, 2.45) is 5.92 Å². The minimum absolute atomic E-state index is 0.0311. The monoisotopic (exact) mass is 477 g/mol. The normalized spacial score (nSPS) is 15.7. The lowest BCUT2D eigenvalue weighted by molar-refractivity contribution is -0.127. The maximum Gasteiger partial charge on any atom is 0.223 e. The van der Waals surface area contributed by atoms with E-state index in [9.17, 15) is 9.59 Å².